The highest BCUT2D eigenvalue weighted by molar-refractivity contribution is 5.93. The third-order valence-electron chi connectivity index (χ3n) is 5.23. The van der Waals surface area contributed by atoms with Gasteiger partial charge in [-0.25, -0.2) is 9.59 Å². The standard InChI is InChI=1S/C28H30O4/c29-27(31-21-9-7-15-23-11-3-1-4-12-23)25-17-19-26(20-18-25)28(30)32-22-10-8-16-24-13-5-2-6-14-24/h1-6,11-14,17-20H,7-10,15-16,21-22H2. The summed E-state index contributed by atoms with van der Waals surface area (Å²) in [6, 6.07) is 27.0. The normalized spacial score (nSPS) is 10.5. The molecule has 0 aromatic heterocycles. The molecule has 4 nitrogen and oxygen atoms in total. The molecule has 3 aromatic carbocycles. The van der Waals surface area contributed by atoms with Crippen LogP contribution in [-0.2, 0) is 22.3 Å². The van der Waals surface area contributed by atoms with Crippen LogP contribution in [0.3, 0.4) is 0 Å². The molecule has 0 saturated heterocycles. The second-order valence-electron chi connectivity index (χ2n) is 7.73. The van der Waals surface area contributed by atoms with Crippen LogP contribution < -0.4 is 0 Å². The maximum absolute atomic E-state index is 12.2. The molecule has 0 aliphatic carbocycles. The van der Waals surface area contributed by atoms with Crippen molar-refractivity contribution in [3.63, 3.8) is 0 Å². The maximum atomic E-state index is 12.2. The fourth-order valence-corrected chi connectivity index (χ4v) is 3.39. The molecule has 4 heteroatoms. The van der Waals surface area contributed by atoms with Crippen molar-refractivity contribution in [1.82, 2.24) is 0 Å². The number of carbonyl (C=O) groups excluding carboxylic acids is 2. The second-order valence-corrected chi connectivity index (χ2v) is 7.73. The zero-order valence-corrected chi connectivity index (χ0v) is 18.4. The third-order valence-corrected chi connectivity index (χ3v) is 5.23. The van der Waals surface area contributed by atoms with Crippen LogP contribution in [0.1, 0.15) is 57.5 Å². The molecule has 0 atom stereocenters. The number of hydrogen-bond acceptors (Lipinski definition) is 4. The highest BCUT2D eigenvalue weighted by Crippen LogP contribution is 2.10. The summed E-state index contributed by atoms with van der Waals surface area (Å²) in [5, 5.41) is 0. The van der Waals surface area contributed by atoms with Gasteiger partial charge in [0.15, 0.2) is 0 Å². The fraction of sp³-hybridized carbons (Fsp3) is 0.286. The average molecular weight is 431 g/mol. The quantitative estimate of drug-likeness (QED) is 0.259. The van der Waals surface area contributed by atoms with E-state index in [0.717, 1.165) is 38.5 Å². The van der Waals surface area contributed by atoms with Crippen LogP contribution in [0.15, 0.2) is 84.9 Å². The van der Waals surface area contributed by atoms with E-state index in [4.69, 9.17) is 9.47 Å². The van der Waals surface area contributed by atoms with Crippen molar-refractivity contribution >= 4 is 11.9 Å². The van der Waals surface area contributed by atoms with Crippen molar-refractivity contribution in [1.29, 1.82) is 0 Å². The highest BCUT2D eigenvalue weighted by atomic mass is 16.5. The van der Waals surface area contributed by atoms with E-state index < -0.39 is 0 Å². The van der Waals surface area contributed by atoms with Crippen LogP contribution in [-0.4, -0.2) is 25.2 Å². The summed E-state index contributed by atoms with van der Waals surface area (Å²) in [6.45, 7) is 0.775. The number of benzene rings is 3. The van der Waals surface area contributed by atoms with Gasteiger partial charge in [-0.05, 0) is 73.9 Å². The zero-order valence-electron chi connectivity index (χ0n) is 18.4. The molecule has 0 spiro atoms. The van der Waals surface area contributed by atoms with Gasteiger partial charge >= 0.3 is 11.9 Å². The van der Waals surface area contributed by atoms with Crippen LogP contribution in [0.25, 0.3) is 0 Å². The Morgan fingerprint density at radius 2 is 0.875 bits per heavy atom. The molecule has 0 fully saturated rings. The predicted octanol–water partition coefficient (Wildman–Crippen LogP) is 6.05. The Labute approximate surface area is 190 Å². The molecular weight excluding hydrogens is 400 g/mol. The summed E-state index contributed by atoms with van der Waals surface area (Å²) in [5.74, 6) is -0.740. The van der Waals surface area contributed by atoms with Gasteiger partial charge in [-0.3, -0.25) is 0 Å². The Kier molecular flexibility index (Phi) is 9.53. The number of aryl methyl sites for hydroxylation is 2. The van der Waals surface area contributed by atoms with Crippen molar-refractivity contribution < 1.29 is 19.1 Å². The first-order chi connectivity index (χ1) is 15.7. The molecule has 0 amide bonds. The van der Waals surface area contributed by atoms with Gasteiger partial charge in [-0.1, -0.05) is 60.7 Å². The van der Waals surface area contributed by atoms with E-state index in [1.807, 2.05) is 36.4 Å². The number of ether oxygens (including phenoxy) is 2. The third kappa shape index (κ3) is 8.03. The number of esters is 2. The van der Waals surface area contributed by atoms with E-state index in [-0.39, 0.29) is 11.9 Å². The summed E-state index contributed by atoms with van der Waals surface area (Å²) >= 11 is 0. The minimum atomic E-state index is -0.370. The fourth-order valence-electron chi connectivity index (χ4n) is 3.39. The molecule has 0 aliphatic heterocycles. The van der Waals surface area contributed by atoms with E-state index in [2.05, 4.69) is 24.3 Å². The molecule has 0 bridgehead atoms. The Hall–Kier alpha value is -3.40. The van der Waals surface area contributed by atoms with Crippen LogP contribution in [0.2, 0.25) is 0 Å². The lowest BCUT2D eigenvalue weighted by Crippen LogP contribution is -2.09. The largest absolute Gasteiger partial charge is 0.462 e. The van der Waals surface area contributed by atoms with Crippen LogP contribution in [0.5, 0.6) is 0 Å². The summed E-state index contributed by atoms with van der Waals surface area (Å²) in [4.78, 5) is 24.4. The average Bonchev–Trinajstić information content (AvgIpc) is 2.85. The van der Waals surface area contributed by atoms with Crippen molar-refractivity contribution in [3.8, 4) is 0 Å². The van der Waals surface area contributed by atoms with Gasteiger partial charge in [0.25, 0.3) is 0 Å². The van der Waals surface area contributed by atoms with Crippen LogP contribution in [0, 0.1) is 0 Å². The van der Waals surface area contributed by atoms with Gasteiger partial charge in [0.1, 0.15) is 0 Å². The Morgan fingerprint density at radius 1 is 0.500 bits per heavy atom. The van der Waals surface area contributed by atoms with E-state index in [0.29, 0.717) is 24.3 Å². The summed E-state index contributed by atoms with van der Waals surface area (Å²) < 4.78 is 10.7. The first-order valence-corrected chi connectivity index (χ1v) is 11.2. The Balaban J connectivity index is 1.30. The van der Waals surface area contributed by atoms with E-state index >= 15 is 0 Å². The molecule has 0 N–H and O–H groups in total. The molecule has 0 radical (unpaired) electrons. The van der Waals surface area contributed by atoms with Gasteiger partial charge in [0.2, 0.25) is 0 Å². The van der Waals surface area contributed by atoms with Crippen molar-refractivity contribution in [2.24, 2.45) is 0 Å². The molecule has 0 unspecified atom stereocenters. The molecule has 32 heavy (non-hydrogen) atoms. The van der Waals surface area contributed by atoms with Crippen molar-refractivity contribution in [3.05, 3.63) is 107 Å². The summed E-state index contributed by atoms with van der Waals surface area (Å²) in [7, 11) is 0. The van der Waals surface area contributed by atoms with E-state index in [1.165, 1.54) is 11.1 Å². The number of hydrogen-bond donors (Lipinski definition) is 0. The summed E-state index contributed by atoms with van der Waals surface area (Å²) in [6.07, 6.45) is 5.51. The van der Waals surface area contributed by atoms with Crippen LogP contribution in [0.4, 0.5) is 0 Å². The highest BCUT2D eigenvalue weighted by Gasteiger charge is 2.11. The topological polar surface area (TPSA) is 52.6 Å². The molecular formula is C28H30O4. The van der Waals surface area contributed by atoms with E-state index in [9.17, 15) is 9.59 Å². The maximum Gasteiger partial charge on any atom is 0.338 e. The smallest absolute Gasteiger partial charge is 0.338 e. The van der Waals surface area contributed by atoms with E-state index in [1.54, 1.807) is 24.3 Å². The first kappa shape index (κ1) is 23.3. The van der Waals surface area contributed by atoms with Gasteiger partial charge in [0.05, 0.1) is 24.3 Å². The van der Waals surface area contributed by atoms with Crippen molar-refractivity contribution in [2.75, 3.05) is 13.2 Å². The Bertz CT molecular complexity index is 869. The SMILES string of the molecule is O=C(OCCCCc1ccccc1)c1ccc(C(=O)OCCCCc2ccccc2)cc1. The lowest BCUT2D eigenvalue weighted by atomic mass is 10.1. The number of rotatable bonds is 12. The van der Waals surface area contributed by atoms with Gasteiger partial charge in [-0.15, -0.1) is 0 Å². The second kappa shape index (κ2) is 13.1. The van der Waals surface area contributed by atoms with Gasteiger partial charge in [-0.2, -0.15) is 0 Å². The summed E-state index contributed by atoms with van der Waals surface area (Å²) in [5.41, 5.74) is 3.45. The molecule has 0 heterocycles. The van der Waals surface area contributed by atoms with Gasteiger partial charge in [0, 0.05) is 0 Å². The number of unbranched alkanes of at least 4 members (excludes halogenated alkanes) is 2. The molecule has 3 aromatic rings. The zero-order chi connectivity index (χ0) is 22.4. The monoisotopic (exact) mass is 430 g/mol. The number of carbonyl (C=O) groups is 2. The first-order valence-electron chi connectivity index (χ1n) is 11.2. The molecule has 0 aliphatic rings. The van der Waals surface area contributed by atoms with Crippen molar-refractivity contribution in [2.45, 2.75) is 38.5 Å². The molecule has 0 saturated carbocycles. The van der Waals surface area contributed by atoms with Crippen LogP contribution >= 0.6 is 0 Å². The van der Waals surface area contributed by atoms with Gasteiger partial charge < -0.3 is 9.47 Å². The minimum Gasteiger partial charge on any atom is -0.462 e. The minimum absolute atomic E-state index is 0.370. The predicted molar refractivity (Wildman–Crippen MR) is 126 cm³/mol. The molecule has 166 valence electrons. The lowest BCUT2D eigenvalue weighted by molar-refractivity contribution is 0.0484. The Morgan fingerprint density at radius 3 is 1.25 bits per heavy atom. The molecule has 3 rings (SSSR count). The lowest BCUT2D eigenvalue weighted by Gasteiger charge is -2.07.